The van der Waals surface area contributed by atoms with Crippen LogP contribution in [0.2, 0.25) is 5.02 Å². The van der Waals surface area contributed by atoms with Gasteiger partial charge in [-0.1, -0.05) is 23.7 Å². The quantitative estimate of drug-likeness (QED) is 0.589. The molecule has 1 fully saturated rings. The van der Waals surface area contributed by atoms with Gasteiger partial charge in [0.15, 0.2) is 0 Å². The van der Waals surface area contributed by atoms with Gasteiger partial charge < -0.3 is 0 Å². The van der Waals surface area contributed by atoms with Crippen LogP contribution in [0, 0.1) is 10.1 Å². The third kappa shape index (κ3) is 1.41. The van der Waals surface area contributed by atoms with Crippen molar-refractivity contribution in [2.75, 3.05) is 0 Å². The predicted molar refractivity (Wildman–Crippen MR) is 59.0 cm³/mol. The molecular formula is C11H10ClNO3. The fourth-order valence-corrected chi connectivity index (χ4v) is 2.52. The molecule has 0 aromatic heterocycles. The van der Waals surface area contributed by atoms with Gasteiger partial charge in [0.05, 0.1) is 10.6 Å². The maximum absolute atomic E-state index is 11.8. The summed E-state index contributed by atoms with van der Waals surface area (Å²) >= 11 is 5.95. The lowest BCUT2D eigenvalue weighted by Crippen LogP contribution is -2.39. The van der Waals surface area contributed by atoms with Gasteiger partial charge in [0, 0.05) is 17.8 Å². The van der Waals surface area contributed by atoms with Gasteiger partial charge in [-0.2, -0.15) is 0 Å². The van der Waals surface area contributed by atoms with E-state index >= 15 is 0 Å². The van der Waals surface area contributed by atoms with Crippen molar-refractivity contribution in [1.29, 1.82) is 0 Å². The number of Topliss-reactive ketones (excluding diaryl/α,β-unsaturated/α-hetero) is 1. The predicted octanol–water partition coefficient (Wildman–Crippen LogP) is 2.57. The summed E-state index contributed by atoms with van der Waals surface area (Å²) in [5.41, 5.74) is -1.29. The highest BCUT2D eigenvalue weighted by Gasteiger charge is 2.55. The highest BCUT2D eigenvalue weighted by Crippen LogP contribution is 2.41. The van der Waals surface area contributed by atoms with Crippen LogP contribution < -0.4 is 0 Å². The van der Waals surface area contributed by atoms with Crippen LogP contribution in [0.1, 0.15) is 24.8 Å². The first kappa shape index (κ1) is 11.1. The summed E-state index contributed by atoms with van der Waals surface area (Å²) in [6.45, 7) is 0. The molecule has 1 aliphatic carbocycles. The molecule has 0 aliphatic heterocycles. The molecule has 1 atom stereocenters. The number of nitro groups is 1. The molecule has 4 nitrogen and oxygen atoms in total. The first-order valence-electron chi connectivity index (χ1n) is 5.02. The van der Waals surface area contributed by atoms with E-state index in [0.717, 1.165) is 0 Å². The van der Waals surface area contributed by atoms with E-state index in [4.69, 9.17) is 11.6 Å². The molecule has 0 N–H and O–H groups in total. The molecule has 1 aliphatic rings. The maximum Gasteiger partial charge on any atom is 0.305 e. The molecule has 0 spiro atoms. The first-order valence-corrected chi connectivity index (χ1v) is 5.39. The number of hydrogen-bond donors (Lipinski definition) is 0. The van der Waals surface area contributed by atoms with Crippen LogP contribution in [-0.2, 0) is 10.3 Å². The average Bonchev–Trinajstić information content (AvgIpc) is 2.62. The second-order valence-corrected chi connectivity index (χ2v) is 4.28. The lowest BCUT2D eigenvalue weighted by Gasteiger charge is -2.19. The van der Waals surface area contributed by atoms with Crippen molar-refractivity contribution in [2.24, 2.45) is 0 Å². The zero-order chi connectivity index (χ0) is 11.8. The molecule has 0 heterocycles. The second kappa shape index (κ2) is 3.87. The van der Waals surface area contributed by atoms with Crippen LogP contribution in [0.4, 0.5) is 0 Å². The Morgan fingerprint density at radius 1 is 1.38 bits per heavy atom. The van der Waals surface area contributed by atoms with Crippen LogP contribution >= 0.6 is 11.6 Å². The summed E-state index contributed by atoms with van der Waals surface area (Å²) in [5, 5.41) is 11.5. The van der Waals surface area contributed by atoms with E-state index in [9.17, 15) is 14.9 Å². The summed E-state index contributed by atoms with van der Waals surface area (Å²) in [5.74, 6) is -0.342. The Hall–Kier alpha value is -1.42. The number of ketones is 1. The van der Waals surface area contributed by atoms with E-state index in [0.29, 0.717) is 12.0 Å². The highest BCUT2D eigenvalue weighted by atomic mass is 35.5. The normalized spacial score (nSPS) is 24.7. The Labute approximate surface area is 97.4 Å². The molecule has 84 valence electrons. The summed E-state index contributed by atoms with van der Waals surface area (Å²) in [4.78, 5) is 22.5. The van der Waals surface area contributed by atoms with E-state index in [2.05, 4.69) is 0 Å². The maximum atomic E-state index is 11.8. The fraction of sp³-hybridized carbons (Fsp3) is 0.364. The number of benzene rings is 1. The van der Waals surface area contributed by atoms with Crippen molar-refractivity contribution >= 4 is 17.4 Å². The molecule has 16 heavy (non-hydrogen) atoms. The number of carbonyl (C=O) groups excluding carboxylic acids is 1. The van der Waals surface area contributed by atoms with Gasteiger partial charge in [0.1, 0.15) is 0 Å². The molecule has 2 rings (SSSR count). The zero-order valence-corrected chi connectivity index (χ0v) is 9.24. The fourth-order valence-electron chi connectivity index (χ4n) is 2.22. The Bertz CT molecular complexity index is 460. The van der Waals surface area contributed by atoms with Gasteiger partial charge in [0.25, 0.3) is 0 Å². The second-order valence-electron chi connectivity index (χ2n) is 3.87. The molecular weight excluding hydrogens is 230 g/mol. The van der Waals surface area contributed by atoms with Gasteiger partial charge in [-0.25, -0.2) is 0 Å². The topological polar surface area (TPSA) is 60.2 Å². The first-order chi connectivity index (χ1) is 7.59. The van der Waals surface area contributed by atoms with Gasteiger partial charge in [-0.15, -0.1) is 0 Å². The molecule has 0 bridgehead atoms. The molecule has 1 saturated carbocycles. The van der Waals surface area contributed by atoms with Crippen molar-refractivity contribution in [3.8, 4) is 0 Å². The summed E-state index contributed by atoms with van der Waals surface area (Å²) in [6.07, 6.45) is 1.04. The Balaban J connectivity index is 2.62. The molecule has 0 amide bonds. The third-order valence-electron chi connectivity index (χ3n) is 3.03. The van der Waals surface area contributed by atoms with Gasteiger partial charge >= 0.3 is 5.54 Å². The Morgan fingerprint density at radius 3 is 2.56 bits per heavy atom. The number of hydrogen-bond acceptors (Lipinski definition) is 3. The SMILES string of the molecule is O=C1CCCC1(c1ccccc1Cl)[N+](=O)[O-]. The molecule has 1 unspecified atom stereocenters. The lowest BCUT2D eigenvalue weighted by molar-refractivity contribution is -0.559. The van der Waals surface area contributed by atoms with Crippen molar-refractivity contribution in [3.05, 3.63) is 45.0 Å². The molecule has 0 radical (unpaired) electrons. The van der Waals surface area contributed by atoms with E-state index in [1.165, 1.54) is 0 Å². The Kier molecular flexibility index (Phi) is 2.68. The van der Waals surface area contributed by atoms with E-state index < -0.39 is 10.5 Å². The number of carbonyl (C=O) groups is 1. The van der Waals surface area contributed by atoms with Crippen LogP contribution in [0.3, 0.4) is 0 Å². The highest BCUT2D eigenvalue weighted by molar-refractivity contribution is 6.31. The number of rotatable bonds is 2. The standard InChI is InChI=1S/C11H10ClNO3/c12-9-5-2-1-4-8(9)11(13(15)16)7-3-6-10(11)14/h1-2,4-5H,3,6-7H2. The third-order valence-corrected chi connectivity index (χ3v) is 3.36. The van der Waals surface area contributed by atoms with Gasteiger partial charge in [-0.3, -0.25) is 14.9 Å². The summed E-state index contributed by atoms with van der Waals surface area (Å²) < 4.78 is 0. The largest absolute Gasteiger partial charge is 0.305 e. The van der Waals surface area contributed by atoms with Crippen molar-refractivity contribution < 1.29 is 9.72 Å². The van der Waals surface area contributed by atoms with E-state index in [-0.39, 0.29) is 23.6 Å². The van der Waals surface area contributed by atoms with Crippen LogP contribution in [-0.4, -0.2) is 10.7 Å². The van der Waals surface area contributed by atoms with Crippen molar-refractivity contribution in [3.63, 3.8) is 0 Å². The molecule has 0 saturated heterocycles. The minimum atomic E-state index is -1.61. The van der Waals surface area contributed by atoms with E-state index in [1.54, 1.807) is 24.3 Å². The lowest BCUT2D eigenvalue weighted by atomic mass is 9.88. The Morgan fingerprint density at radius 2 is 2.06 bits per heavy atom. The number of halogens is 1. The van der Waals surface area contributed by atoms with Crippen LogP contribution in [0.5, 0.6) is 0 Å². The minimum absolute atomic E-state index is 0.239. The van der Waals surface area contributed by atoms with Gasteiger partial charge in [-0.05, 0) is 18.6 Å². The molecule has 1 aromatic carbocycles. The molecule has 1 aromatic rings. The smallest absolute Gasteiger partial charge is 0.291 e. The summed E-state index contributed by atoms with van der Waals surface area (Å²) in [7, 11) is 0. The van der Waals surface area contributed by atoms with Gasteiger partial charge in [0.2, 0.25) is 5.78 Å². The van der Waals surface area contributed by atoms with Crippen molar-refractivity contribution in [1.82, 2.24) is 0 Å². The van der Waals surface area contributed by atoms with Crippen LogP contribution in [0.25, 0.3) is 0 Å². The van der Waals surface area contributed by atoms with E-state index in [1.807, 2.05) is 0 Å². The summed E-state index contributed by atoms with van der Waals surface area (Å²) in [6, 6.07) is 6.50. The van der Waals surface area contributed by atoms with Crippen LogP contribution in [0.15, 0.2) is 24.3 Å². The monoisotopic (exact) mass is 239 g/mol. The molecule has 5 heteroatoms. The van der Waals surface area contributed by atoms with Crippen molar-refractivity contribution in [2.45, 2.75) is 24.8 Å². The zero-order valence-electron chi connectivity index (χ0n) is 8.48. The average molecular weight is 240 g/mol. The number of nitrogens with zero attached hydrogens (tertiary/aromatic N) is 1. The minimum Gasteiger partial charge on any atom is -0.291 e.